The predicted molar refractivity (Wildman–Crippen MR) is 112 cm³/mol. The number of aliphatic imine (C=N–C) groups is 1. The third-order valence-electron chi connectivity index (χ3n) is 5.90. The van der Waals surface area contributed by atoms with Gasteiger partial charge in [0.2, 0.25) is 5.91 Å². The maximum absolute atomic E-state index is 12.8. The molecule has 1 aliphatic heterocycles. The molecule has 2 N–H and O–H groups in total. The molecule has 2 aromatic heterocycles. The number of nitrogens with zero attached hydrogens (tertiary/aromatic N) is 5. The molecular formula is C21H31N7O. The summed E-state index contributed by atoms with van der Waals surface area (Å²) in [7, 11) is 0. The lowest BCUT2D eigenvalue weighted by atomic mass is 9.88. The van der Waals surface area contributed by atoms with Gasteiger partial charge in [-0.3, -0.25) is 9.20 Å². The van der Waals surface area contributed by atoms with Gasteiger partial charge in [-0.15, -0.1) is 10.2 Å². The zero-order valence-corrected chi connectivity index (χ0v) is 17.2. The van der Waals surface area contributed by atoms with E-state index in [4.69, 9.17) is 4.99 Å². The number of likely N-dealkylation sites (tertiary alicyclic amines) is 1. The van der Waals surface area contributed by atoms with Crippen LogP contribution in [0.15, 0.2) is 29.4 Å². The van der Waals surface area contributed by atoms with E-state index in [-0.39, 0.29) is 12.0 Å². The Bertz CT molecular complexity index is 856. The number of fused-ring (bicyclic) bond motifs is 1. The van der Waals surface area contributed by atoms with Crippen molar-refractivity contribution >= 4 is 17.5 Å². The number of nitrogens with one attached hydrogen (secondary N) is 2. The van der Waals surface area contributed by atoms with Gasteiger partial charge in [-0.05, 0) is 38.3 Å². The highest BCUT2D eigenvalue weighted by atomic mass is 16.2. The van der Waals surface area contributed by atoms with E-state index in [1.54, 1.807) is 0 Å². The molecule has 29 heavy (non-hydrogen) atoms. The first-order valence-electron chi connectivity index (χ1n) is 10.9. The van der Waals surface area contributed by atoms with Gasteiger partial charge in [-0.2, -0.15) is 0 Å². The van der Waals surface area contributed by atoms with Crippen molar-refractivity contribution in [1.29, 1.82) is 0 Å². The van der Waals surface area contributed by atoms with Gasteiger partial charge in [0.15, 0.2) is 17.4 Å². The highest BCUT2D eigenvalue weighted by Gasteiger charge is 2.31. The van der Waals surface area contributed by atoms with Crippen LogP contribution >= 0.6 is 0 Å². The minimum Gasteiger partial charge on any atom is -0.357 e. The van der Waals surface area contributed by atoms with Crippen molar-refractivity contribution < 1.29 is 4.79 Å². The van der Waals surface area contributed by atoms with E-state index in [0.717, 1.165) is 56.3 Å². The fraction of sp³-hybridized carbons (Fsp3) is 0.619. The molecule has 1 saturated carbocycles. The Kier molecular flexibility index (Phi) is 6.27. The maximum Gasteiger partial charge on any atom is 0.225 e. The van der Waals surface area contributed by atoms with Gasteiger partial charge in [-0.1, -0.05) is 25.3 Å². The Hall–Kier alpha value is -2.64. The molecule has 2 fully saturated rings. The average Bonchev–Trinajstić information content (AvgIpc) is 3.39. The smallest absolute Gasteiger partial charge is 0.225 e. The fourth-order valence-corrected chi connectivity index (χ4v) is 4.35. The Morgan fingerprint density at radius 1 is 1.21 bits per heavy atom. The summed E-state index contributed by atoms with van der Waals surface area (Å²) < 4.78 is 1.95. The third kappa shape index (κ3) is 4.68. The first-order chi connectivity index (χ1) is 14.2. The minimum absolute atomic E-state index is 0.232. The fourth-order valence-electron chi connectivity index (χ4n) is 4.35. The molecule has 2 aliphatic rings. The zero-order chi connectivity index (χ0) is 20.1. The number of hydrogen-bond acceptors (Lipinski definition) is 4. The molecule has 1 amide bonds. The van der Waals surface area contributed by atoms with Crippen molar-refractivity contribution in [1.82, 2.24) is 30.1 Å². The number of aromatic nitrogens is 3. The van der Waals surface area contributed by atoms with Gasteiger partial charge in [0.1, 0.15) is 6.54 Å². The van der Waals surface area contributed by atoms with E-state index in [1.807, 2.05) is 33.7 Å². The average molecular weight is 398 g/mol. The Balaban J connectivity index is 1.35. The molecule has 1 unspecified atom stereocenters. The monoisotopic (exact) mass is 397 g/mol. The standard InChI is InChI=1S/C21H31N7O/c1-2-22-21(23-14-19-26-25-18-10-6-7-12-28(18)19)24-17-11-13-27(15-17)20(29)16-8-4-3-5-9-16/h6-7,10,12,16-17H,2-5,8-9,11,13-15H2,1H3,(H2,22,23,24). The van der Waals surface area contributed by atoms with Crippen molar-refractivity contribution in [2.45, 2.75) is 58.0 Å². The molecule has 8 nitrogen and oxygen atoms in total. The molecule has 8 heteroatoms. The van der Waals surface area contributed by atoms with Gasteiger partial charge in [0.05, 0.1) is 0 Å². The Morgan fingerprint density at radius 3 is 2.90 bits per heavy atom. The lowest BCUT2D eigenvalue weighted by Crippen LogP contribution is -2.45. The lowest BCUT2D eigenvalue weighted by molar-refractivity contribution is -0.135. The highest BCUT2D eigenvalue weighted by molar-refractivity contribution is 5.81. The summed E-state index contributed by atoms with van der Waals surface area (Å²) in [6, 6.07) is 6.07. The molecule has 1 aliphatic carbocycles. The molecular weight excluding hydrogens is 366 g/mol. The normalized spacial score (nSPS) is 20.9. The second-order valence-electron chi connectivity index (χ2n) is 7.99. The number of carbonyl (C=O) groups is 1. The van der Waals surface area contributed by atoms with E-state index >= 15 is 0 Å². The van der Waals surface area contributed by atoms with Crippen LogP contribution in [0.5, 0.6) is 0 Å². The molecule has 3 heterocycles. The summed E-state index contributed by atoms with van der Waals surface area (Å²) in [5.41, 5.74) is 0.823. The minimum atomic E-state index is 0.232. The van der Waals surface area contributed by atoms with E-state index in [0.29, 0.717) is 12.5 Å². The van der Waals surface area contributed by atoms with E-state index < -0.39 is 0 Å². The van der Waals surface area contributed by atoms with Crippen molar-refractivity contribution in [3.8, 4) is 0 Å². The molecule has 0 radical (unpaired) electrons. The van der Waals surface area contributed by atoms with Crippen molar-refractivity contribution in [3.05, 3.63) is 30.2 Å². The largest absolute Gasteiger partial charge is 0.357 e. The summed E-state index contributed by atoms with van der Waals surface area (Å²) in [4.78, 5) is 19.5. The number of carbonyl (C=O) groups excluding carboxylic acids is 1. The van der Waals surface area contributed by atoms with Crippen LogP contribution in [0.25, 0.3) is 5.65 Å². The first-order valence-corrected chi connectivity index (χ1v) is 10.9. The topological polar surface area (TPSA) is 86.9 Å². The summed E-state index contributed by atoms with van der Waals surface area (Å²) >= 11 is 0. The number of amides is 1. The van der Waals surface area contributed by atoms with Crippen LogP contribution in [-0.2, 0) is 11.3 Å². The van der Waals surface area contributed by atoms with Gasteiger partial charge in [-0.25, -0.2) is 4.99 Å². The number of pyridine rings is 1. The number of hydrogen-bond donors (Lipinski definition) is 2. The van der Waals surface area contributed by atoms with Gasteiger partial charge >= 0.3 is 0 Å². The second kappa shape index (κ2) is 9.24. The molecule has 4 rings (SSSR count). The molecule has 0 aromatic carbocycles. The van der Waals surface area contributed by atoms with Crippen LogP contribution in [0.1, 0.15) is 51.3 Å². The van der Waals surface area contributed by atoms with Gasteiger partial charge in [0, 0.05) is 37.8 Å². The summed E-state index contributed by atoms with van der Waals surface area (Å²) in [6.45, 7) is 4.87. The molecule has 1 saturated heterocycles. The van der Waals surface area contributed by atoms with E-state index in [1.165, 1.54) is 19.3 Å². The number of rotatable bonds is 5. The van der Waals surface area contributed by atoms with Crippen molar-refractivity contribution in [2.75, 3.05) is 19.6 Å². The predicted octanol–water partition coefficient (Wildman–Crippen LogP) is 1.97. The van der Waals surface area contributed by atoms with Crippen LogP contribution in [0.2, 0.25) is 0 Å². The van der Waals surface area contributed by atoms with Gasteiger partial charge in [0.25, 0.3) is 0 Å². The maximum atomic E-state index is 12.8. The molecule has 1 atom stereocenters. The van der Waals surface area contributed by atoms with Crippen molar-refractivity contribution in [2.24, 2.45) is 10.9 Å². The molecule has 0 spiro atoms. The summed E-state index contributed by atoms with van der Waals surface area (Å²) in [5, 5.41) is 15.2. The van der Waals surface area contributed by atoms with Crippen LogP contribution in [0, 0.1) is 5.92 Å². The van der Waals surface area contributed by atoms with E-state index in [2.05, 4.69) is 27.8 Å². The lowest BCUT2D eigenvalue weighted by Gasteiger charge is -2.26. The Labute approximate surface area is 171 Å². The van der Waals surface area contributed by atoms with Crippen LogP contribution in [-0.4, -0.2) is 57.0 Å². The molecule has 156 valence electrons. The van der Waals surface area contributed by atoms with Crippen LogP contribution < -0.4 is 10.6 Å². The molecule has 2 aromatic rings. The van der Waals surface area contributed by atoms with Crippen LogP contribution in [0.4, 0.5) is 0 Å². The highest BCUT2D eigenvalue weighted by Crippen LogP contribution is 2.26. The van der Waals surface area contributed by atoms with Crippen LogP contribution in [0.3, 0.4) is 0 Å². The molecule has 0 bridgehead atoms. The van der Waals surface area contributed by atoms with Gasteiger partial charge < -0.3 is 15.5 Å². The van der Waals surface area contributed by atoms with Crippen molar-refractivity contribution in [3.63, 3.8) is 0 Å². The zero-order valence-electron chi connectivity index (χ0n) is 17.2. The second-order valence-corrected chi connectivity index (χ2v) is 7.99. The summed E-state index contributed by atoms with van der Waals surface area (Å²) in [6.07, 6.45) is 8.69. The summed E-state index contributed by atoms with van der Waals surface area (Å²) in [5.74, 6) is 2.16. The first kappa shape index (κ1) is 19.7. The third-order valence-corrected chi connectivity index (χ3v) is 5.90. The number of guanidine groups is 1. The van der Waals surface area contributed by atoms with E-state index in [9.17, 15) is 4.79 Å². The quantitative estimate of drug-likeness (QED) is 0.595. The SMILES string of the molecule is CCNC(=NCc1nnc2ccccn12)NC1CCN(C(=O)C2CCCCC2)C1. The Morgan fingerprint density at radius 2 is 2.07 bits per heavy atom.